The van der Waals surface area contributed by atoms with E-state index in [9.17, 15) is 5.11 Å². The fourth-order valence-corrected chi connectivity index (χ4v) is 2.35. The quantitative estimate of drug-likeness (QED) is 0.863. The Morgan fingerprint density at radius 3 is 2.63 bits per heavy atom. The Hall–Kier alpha value is -0.910. The van der Waals surface area contributed by atoms with Crippen molar-refractivity contribution in [1.29, 1.82) is 0 Å². The maximum Gasteiger partial charge on any atom is 0.222 e. The molecule has 0 bridgehead atoms. The van der Waals surface area contributed by atoms with E-state index in [-0.39, 0.29) is 6.10 Å². The molecule has 0 saturated carbocycles. The SMILES string of the molecule is CCC(O)CN1CCC(Nc2ncc(Cl)cn2)CC1. The van der Waals surface area contributed by atoms with Crippen molar-refractivity contribution in [3.8, 4) is 0 Å². The first-order valence-corrected chi connectivity index (χ1v) is 7.19. The van der Waals surface area contributed by atoms with E-state index in [1.54, 1.807) is 12.4 Å². The van der Waals surface area contributed by atoms with Crippen molar-refractivity contribution in [3.05, 3.63) is 17.4 Å². The molecule has 1 unspecified atom stereocenters. The minimum absolute atomic E-state index is 0.205. The van der Waals surface area contributed by atoms with E-state index in [0.29, 0.717) is 17.0 Å². The Kier molecular flexibility index (Phi) is 5.36. The van der Waals surface area contributed by atoms with Crippen LogP contribution >= 0.6 is 11.6 Å². The van der Waals surface area contributed by atoms with Crippen molar-refractivity contribution in [2.75, 3.05) is 25.0 Å². The highest BCUT2D eigenvalue weighted by molar-refractivity contribution is 6.30. The molecule has 19 heavy (non-hydrogen) atoms. The lowest BCUT2D eigenvalue weighted by molar-refractivity contribution is 0.0961. The number of aliphatic hydroxyl groups is 1. The lowest BCUT2D eigenvalue weighted by Gasteiger charge is -2.33. The molecule has 1 fully saturated rings. The predicted octanol–water partition coefficient (Wildman–Crippen LogP) is 1.78. The van der Waals surface area contributed by atoms with Gasteiger partial charge in [-0.1, -0.05) is 18.5 Å². The van der Waals surface area contributed by atoms with Crippen LogP contribution in [0.2, 0.25) is 5.02 Å². The minimum atomic E-state index is -0.205. The van der Waals surface area contributed by atoms with Gasteiger partial charge in [0.15, 0.2) is 0 Å². The summed E-state index contributed by atoms with van der Waals surface area (Å²) in [5.74, 6) is 0.636. The van der Waals surface area contributed by atoms with Crippen LogP contribution in [0.4, 0.5) is 5.95 Å². The third-order valence-corrected chi connectivity index (χ3v) is 3.68. The van der Waals surface area contributed by atoms with Crippen molar-refractivity contribution in [2.24, 2.45) is 0 Å². The molecule has 1 atom stereocenters. The first kappa shape index (κ1) is 14.5. The second-order valence-corrected chi connectivity index (χ2v) is 5.44. The van der Waals surface area contributed by atoms with Crippen molar-refractivity contribution in [2.45, 2.75) is 38.3 Å². The Labute approximate surface area is 119 Å². The smallest absolute Gasteiger partial charge is 0.222 e. The number of β-amino-alcohol motifs (C(OH)–C–C–N with tert-alkyl or cyclic N) is 1. The first-order valence-electron chi connectivity index (χ1n) is 6.82. The van der Waals surface area contributed by atoms with Crippen LogP contribution in [0.25, 0.3) is 0 Å². The minimum Gasteiger partial charge on any atom is -0.392 e. The van der Waals surface area contributed by atoms with Gasteiger partial charge in [0.25, 0.3) is 0 Å². The molecule has 0 radical (unpaired) electrons. The summed E-state index contributed by atoms with van der Waals surface area (Å²) in [6, 6.07) is 0.399. The zero-order valence-corrected chi connectivity index (χ0v) is 12.0. The standard InChI is InChI=1S/C13H21ClN4O/c1-2-12(19)9-18-5-3-11(4-6-18)17-13-15-7-10(14)8-16-13/h7-8,11-12,19H,2-6,9H2,1H3,(H,15,16,17). The molecule has 2 rings (SSSR count). The van der Waals surface area contributed by atoms with Crippen LogP contribution in [0.1, 0.15) is 26.2 Å². The second kappa shape index (κ2) is 7.03. The fraction of sp³-hybridized carbons (Fsp3) is 0.692. The van der Waals surface area contributed by atoms with E-state index >= 15 is 0 Å². The monoisotopic (exact) mass is 284 g/mol. The number of nitrogens with one attached hydrogen (secondary N) is 1. The number of hydrogen-bond donors (Lipinski definition) is 2. The zero-order chi connectivity index (χ0) is 13.7. The van der Waals surface area contributed by atoms with E-state index in [0.717, 1.165) is 38.9 Å². The maximum absolute atomic E-state index is 9.65. The molecule has 0 amide bonds. The average Bonchev–Trinajstić information content (AvgIpc) is 2.43. The number of piperidine rings is 1. The Balaban J connectivity index is 1.75. The molecule has 1 aliphatic heterocycles. The van der Waals surface area contributed by atoms with Gasteiger partial charge >= 0.3 is 0 Å². The summed E-state index contributed by atoms with van der Waals surface area (Å²) in [4.78, 5) is 10.6. The average molecular weight is 285 g/mol. The van der Waals surface area contributed by atoms with E-state index in [4.69, 9.17) is 11.6 Å². The summed E-state index contributed by atoms with van der Waals surface area (Å²) >= 11 is 5.75. The molecule has 5 nitrogen and oxygen atoms in total. The van der Waals surface area contributed by atoms with E-state index in [1.165, 1.54) is 0 Å². The van der Waals surface area contributed by atoms with Crippen molar-refractivity contribution >= 4 is 17.5 Å². The number of anilines is 1. The van der Waals surface area contributed by atoms with Crippen LogP contribution in [0.3, 0.4) is 0 Å². The van der Waals surface area contributed by atoms with Crippen molar-refractivity contribution in [1.82, 2.24) is 14.9 Å². The highest BCUT2D eigenvalue weighted by Crippen LogP contribution is 2.15. The number of aliphatic hydroxyl groups excluding tert-OH is 1. The Morgan fingerprint density at radius 1 is 1.42 bits per heavy atom. The lowest BCUT2D eigenvalue weighted by Crippen LogP contribution is -2.42. The van der Waals surface area contributed by atoms with E-state index in [2.05, 4.69) is 20.2 Å². The van der Waals surface area contributed by atoms with Gasteiger partial charge in [-0.3, -0.25) is 0 Å². The summed E-state index contributed by atoms with van der Waals surface area (Å²) in [6.45, 7) is 4.79. The molecule has 1 aromatic rings. The largest absolute Gasteiger partial charge is 0.392 e. The van der Waals surface area contributed by atoms with E-state index in [1.807, 2.05) is 6.92 Å². The van der Waals surface area contributed by atoms with Crippen molar-refractivity contribution < 1.29 is 5.11 Å². The fourth-order valence-electron chi connectivity index (χ4n) is 2.26. The number of aromatic nitrogens is 2. The Bertz CT molecular complexity index is 379. The molecule has 6 heteroatoms. The van der Waals surface area contributed by atoms with Crippen LogP contribution in [-0.2, 0) is 0 Å². The molecule has 106 valence electrons. The summed E-state index contributed by atoms with van der Waals surface area (Å²) in [7, 11) is 0. The summed E-state index contributed by atoms with van der Waals surface area (Å²) in [6.07, 6.45) is 5.90. The maximum atomic E-state index is 9.65. The number of nitrogens with zero attached hydrogens (tertiary/aromatic N) is 3. The highest BCUT2D eigenvalue weighted by Gasteiger charge is 2.20. The summed E-state index contributed by atoms with van der Waals surface area (Å²) < 4.78 is 0. The second-order valence-electron chi connectivity index (χ2n) is 5.01. The first-order chi connectivity index (χ1) is 9.17. The molecule has 0 aliphatic carbocycles. The van der Waals surface area contributed by atoms with Crippen LogP contribution in [-0.4, -0.2) is 51.8 Å². The number of halogens is 1. The van der Waals surface area contributed by atoms with Gasteiger partial charge in [-0.05, 0) is 19.3 Å². The van der Waals surface area contributed by atoms with Gasteiger partial charge in [-0.25, -0.2) is 9.97 Å². The van der Waals surface area contributed by atoms with Gasteiger partial charge in [0, 0.05) is 25.7 Å². The topological polar surface area (TPSA) is 61.3 Å². The highest BCUT2D eigenvalue weighted by atomic mass is 35.5. The normalized spacial score (nSPS) is 19.3. The molecule has 2 N–H and O–H groups in total. The van der Waals surface area contributed by atoms with E-state index < -0.39 is 0 Å². The third-order valence-electron chi connectivity index (χ3n) is 3.48. The van der Waals surface area contributed by atoms with Gasteiger partial charge < -0.3 is 15.3 Å². The molecule has 2 heterocycles. The summed E-state index contributed by atoms with van der Waals surface area (Å²) in [5.41, 5.74) is 0. The molecule has 1 aliphatic rings. The number of hydrogen-bond acceptors (Lipinski definition) is 5. The van der Waals surface area contributed by atoms with Crippen LogP contribution in [0, 0.1) is 0 Å². The van der Waals surface area contributed by atoms with Crippen LogP contribution < -0.4 is 5.32 Å². The third kappa shape index (κ3) is 4.60. The summed E-state index contributed by atoms with van der Waals surface area (Å²) in [5, 5.41) is 13.5. The molecular weight excluding hydrogens is 264 g/mol. The van der Waals surface area contributed by atoms with Gasteiger partial charge in [-0.2, -0.15) is 0 Å². The number of likely N-dealkylation sites (tertiary alicyclic amines) is 1. The van der Waals surface area contributed by atoms with Gasteiger partial charge in [0.05, 0.1) is 23.5 Å². The van der Waals surface area contributed by atoms with Crippen LogP contribution in [0.15, 0.2) is 12.4 Å². The van der Waals surface area contributed by atoms with Crippen molar-refractivity contribution in [3.63, 3.8) is 0 Å². The molecule has 1 saturated heterocycles. The van der Waals surface area contributed by atoms with Gasteiger partial charge in [-0.15, -0.1) is 0 Å². The molecule has 0 spiro atoms. The molecular formula is C13H21ClN4O. The van der Waals surface area contributed by atoms with Gasteiger partial charge in [0.2, 0.25) is 5.95 Å². The predicted molar refractivity (Wildman–Crippen MR) is 76.4 cm³/mol. The van der Waals surface area contributed by atoms with Crippen LogP contribution in [0.5, 0.6) is 0 Å². The lowest BCUT2D eigenvalue weighted by atomic mass is 10.0. The number of rotatable bonds is 5. The molecule has 0 aromatic carbocycles. The zero-order valence-electron chi connectivity index (χ0n) is 11.2. The van der Waals surface area contributed by atoms with Gasteiger partial charge in [0.1, 0.15) is 0 Å². The molecule has 1 aromatic heterocycles. The Morgan fingerprint density at radius 2 is 2.05 bits per heavy atom.